The highest BCUT2D eigenvalue weighted by atomic mass is 32.2. The van der Waals surface area contributed by atoms with Crippen molar-refractivity contribution in [3.05, 3.63) is 36.0 Å². The van der Waals surface area contributed by atoms with Gasteiger partial charge in [-0.2, -0.15) is 10.4 Å². The van der Waals surface area contributed by atoms with E-state index < -0.39 is 15.3 Å². The Morgan fingerprint density at radius 3 is 2.63 bits per heavy atom. The number of nitrogens with zero attached hydrogens (tertiary/aromatic N) is 6. The van der Waals surface area contributed by atoms with E-state index >= 15 is 0 Å². The molecule has 3 heterocycles. The Morgan fingerprint density at radius 2 is 2.00 bits per heavy atom. The molecule has 2 aliphatic carbocycles. The lowest BCUT2D eigenvalue weighted by Crippen LogP contribution is -2.11. The quantitative estimate of drug-likeness (QED) is 0.637. The molecule has 3 aromatic rings. The van der Waals surface area contributed by atoms with Crippen molar-refractivity contribution in [2.75, 3.05) is 6.26 Å². The number of sulfone groups is 1. The highest BCUT2D eigenvalue weighted by molar-refractivity contribution is 7.90. The summed E-state index contributed by atoms with van der Waals surface area (Å²) in [5, 5.41) is 14.9. The minimum absolute atomic E-state index is 0.0458. The van der Waals surface area contributed by atoms with Gasteiger partial charge in [0.25, 0.3) is 0 Å². The van der Waals surface area contributed by atoms with Gasteiger partial charge in [0.1, 0.15) is 11.2 Å². The van der Waals surface area contributed by atoms with Crippen LogP contribution in [0.4, 0.5) is 0 Å². The second-order valence-electron chi connectivity index (χ2n) is 7.54. The van der Waals surface area contributed by atoms with E-state index in [2.05, 4.69) is 26.1 Å². The number of fused-ring (bicyclic) bond motifs is 1. The fourth-order valence-corrected chi connectivity index (χ4v) is 4.57. The summed E-state index contributed by atoms with van der Waals surface area (Å²) < 4.78 is 25.4. The average Bonchev–Trinajstić information content (AvgIpc) is 3.49. The van der Waals surface area contributed by atoms with E-state index in [1.165, 1.54) is 6.07 Å². The van der Waals surface area contributed by atoms with E-state index in [1.54, 1.807) is 24.0 Å². The van der Waals surface area contributed by atoms with Gasteiger partial charge in [0.2, 0.25) is 0 Å². The molecule has 0 N–H and O–H groups in total. The first-order chi connectivity index (χ1) is 12.8. The van der Waals surface area contributed by atoms with Crippen molar-refractivity contribution < 1.29 is 8.42 Å². The Balaban J connectivity index is 1.69. The molecule has 1 atom stereocenters. The van der Waals surface area contributed by atoms with Crippen molar-refractivity contribution in [2.24, 2.45) is 5.41 Å². The SMILES string of the molecule is Cc1nc(-n2ncc3cnc(C4(C#N)CC45CC5)cc32)cc(S(C)(=O)=O)n1. The van der Waals surface area contributed by atoms with Crippen LogP contribution in [0.15, 0.2) is 29.6 Å². The Bertz CT molecular complexity index is 1270. The van der Waals surface area contributed by atoms with Crippen molar-refractivity contribution in [1.82, 2.24) is 24.7 Å². The van der Waals surface area contributed by atoms with Crippen LogP contribution in [-0.2, 0) is 15.3 Å². The van der Waals surface area contributed by atoms with Gasteiger partial charge >= 0.3 is 0 Å². The molecular formula is C18H16N6O2S. The zero-order valence-electron chi connectivity index (χ0n) is 14.8. The van der Waals surface area contributed by atoms with Gasteiger partial charge in [0.15, 0.2) is 20.7 Å². The maximum atomic E-state index is 11.9. The number of aryl methyl sites for hydroxylation is 1. The van der Waals surface area contributed by atoms with Crippen LogP contribution in [0.5, 0.6) is 0 Å². The molecule has 2 saturated carbocycles. The summed E-state index contributed by atoms with van der Waals surface area (Å²) in [6, 6.07) is 5.77. The van der Waals surface area contributed by atoms with Gasteiger partial charge in [0.05, 0.1) is 23.5 Å². The summed E-state index contributed by atoms with van der Waals surface area (Å²) in [6.07, 6.45) is 7.48. The lowest BCUT2D eigenvalue weighted by molar-refractivity contribution is 0.596. The Kier molecular flexibility index (Phi) is 2.96. The molecule has 0 saturated heterocycles. The van der Waals surface area contributed by atoms with Crippen LogP contribution in [0.1, 0.15) is 30.8 Å². The van der Waals surface area contributed by atoms with Gasteiger partial charge in [-0.05, 0) is 37.7 Å². The molecule has 0 radical (unpaired) electrons. The van der Waals surface area contributed by atoms with Gasteiger partial charge in [-0.15, -0.1) is 0 Å². The monoisotopic (exact) mass is 380 g/mol. The fourth-order valence-electron chi connectivity index (χ4n) is 3.96. The largest absolute Gasteiger partial charge is 0.259 e. The van der Waals surface area contributed by atoms with E-state index in [0.717, 1.165) is 42.1 Å². The molecular weight excluding hydrogens is 364 g/mol. The van der Waals surface area contributed by atoms with Crippen LogP contribution in [0.25, 0.3) is 16.7 Å². The zero-order chi connectivity index (χ0) is 19.0. The number of nitriles is 1. The van der Waals surface area contributed by atoms with Crippen LogP contribution >= 0.6 is 0 Å². The van der Waals surface area contributed by atoms with E-state index in [0.29, 0.717) is 11.6 Å². The van der Waals surface area contributed by atoms with Crippen molar-refractivity contribution >= 4 is 20.7 Å². The van der Waals surface area contributed by atoms with E-state index in [9.17, 15) is 13.7 Å². The van der Waals surface area contributed by atoms with Crippen LogP contribution in [0.2, 0.25) is 0 Å². The van der Waals surface area contributed by atoms with Crippen molar-refractivity contribution in [3.63, 3.8) is 0 Å². The molecule has 0 amide bonds. The maximum absolute atomic E-state index is 11.9. The first-order valence-corrected chi connectivity index (χ1v) is 10.5. The second-order valence-corrected chi connectivity index (χ2v) is 9.51. The van der Waals surface area contributed by atoms with Crippen LogP contribution in [-0.4, -0.2) is 39.4 Å². The number of pyridine rings is 1. The minimum Gasteiger partial charge on any atom is -0.259 e. The third-order valence-electron chi connectivity index (χ3n) is 5.72. The highest BCUT2D eigenvalue weighted by Gasteiger charge is 2.76. The average molecular weight is 380 g/mol. The molecule has 9 heteroatoms. The molecule has 2 fully saturated rings. The number of hydrogen-bond acceptors (Lipinski definition) is 7. The molecule has 0 bridgehead atoms. The molecule has 1 spiro atoms. The number of aromatic nitrogens is 5. The predicted molar refractivity (Wildman–Crippen MR) is 95.9 cm³/mol. The molecule has 1 unspecified atom stereocenters. The molecule has 2 aliphatic rings. The van der Waals surface area contributed by atoms with Gasteiger partial charge < -0.3 is 0 Å². The smallest absolute Gasteiger partial charge is 0.192 e. The van der Waals surface area contributed by atoms with E-state index in [-0.39, 0.29) is 10.4 Å². The lowest BCUT2D eigenvalue weighted by Gasteiger charge is -2.09. The molecule has 8 nitrogen and oxygen atoms in total. The topological polar surface area (TPSA) is 114 Å². The summed E-state index contributed by atoms with van der Waals surface area (Å²) in [6.45, 7) is 1.64. The maximum Gasteiger partial charge on any atom is 0.192 e. The summed E-state index contributed by atoms with van der Waals surface area (Å²) in [5.74, 6) is 0.719. The van der Waals surface area contributed by atoms with Crippen molar-refractivity contribution in [1.29, 1.82) is 5.26 Å². The molecule has 0 aromatic carbocycles. The summed E-state index contributed by atoms with van der Waals surface area (Å²) in [7, 11) is -3.47. The summed E-state index contributed by atoms with van der Waals surface area (Å²) in [5.41, 5.74) is 1.11. The number of hydrogen-bond donors (Lipinski definition) is 0. The Labute approximate surface area is 155 Å². The summed E-state index contributed by atoms with van der Waals surface area (Å²) >= 11 is 0. The van der Waals surface area contributed by atoms with Crippen LogP contribution in [0, 0.1) is 23.7 Å². The van der Waals surface area contributed by atoms with Gasteiger partial charge in [-0.25, -0.2) is 23.1 Å². The van der Waals surface area contributed by atoms with Crippen molar-refractivity contribution in [3.8, 4) is 11.9 Å². The highest BCUT2D eigenvalue weighted by Crippen LogP contribution is 2.78. The third-order valence-corrected chi connectivity index (χ3v) is 6.68. The zero-order valence-corrected chi connectivity index (χ0v) is 15.7. The summed E-state index contributed by atoms with van der Waals surface area (Å²) in [4.78, 5) is 12.9. The lowest BCUT2D eigenvalue weighted by atomic mass is 9.98. The number of rotatable bonds is 3. The first-order valence-electron chi connectivity index (χ1n) is 8.60. The molecule has 3 aromatic heterocycles. The van der Waals surface area contributed by atoms with E-state index in [4.69, 9.17) is 0 Å². The molecule has 5 rings (SSSR count). The van der Waals surface area contributed by atoms with Crippen molar-refractivity contribution in [2.45, 2.75) is 36.6 Å². The molecule has 0 aliphatic heterocycles. The second kappa shape index (κ2) is 4.89. The van der Waals surface area contributed by atoms with Gasteiger partial charge in [-0.3, -0.25) is 4.98 Å². The van der Waals surface area contributed by atoms with Gasteiger partial charge in [0, 0.05) is 23.9 Å². The first kappa shape index (κ1) is 16.3. The van der Waals surface area contributed by atoms with Crippen LogP contribution < -0.4 is 0 Å². The normalized spacial score (nSPS) is 22.7. The van der Waals surface area contributed by atoms with Crippen LogP contribution in [0.3, 0.4) is 0 Å². The molecule has 27 heavy (non-hydrogen) atoms. The minimum atomic E-state index is -3.47. The predicted octanol–water partition coefficient (Wildman–Crippen LogP) is 1.87. The standard InChI is InChI=1S/C18H16N6O2S/c1-11-22-15(6-16(23-11)27(2,25)26)24-13-5-14(20-7-12(13)8-21-24)18(10-19)9-17(18)3-4-17/h5-8H,3-4,9H2,1-2H3. The Morgan fingerprint density at radius 1 is 1.22 bits per heavy atom. The fraction of sp³-hybridized carbons (Fsp3) is 0.389. The Hall–Kier alpha value is -2.86. The third kappa shape index (κ3) is 2.23. The molecule has 136 valence electrons. The van der Waals surface area contributed by atoms with Gasteiger partial charge in [-0.1, -0.05) is 0 Å². The van der Waals surface area contributed by atoms with E-state index in [1.807, 2.05) is 6.07 Å².